The lowest BCUT2D eigenvalue weighted by atomic mass is 10.0. The molecular formula is C18H18N2O8. The lowest BCUT2D eigenvalue weighted by Crippen LogP contribution is -2.36. The standard InChI is InChI=1S/C18H18N2O8/c21-15(9-19-18(25)28-10-11-4-2-1-3-5-11)16(22)13-7-6-12(17(23)24)8-14(13)20(26)27/h1-8,15-16,21-22H,9-10H2,(H,19,25)(H,23,24). The van der Waals surface area contributed by atoms with Gasteiger partial charge in [0.05, 0.1) is 16.1 Å². The number of carbonyl (C=O) groups is 2. The predicted octanol–water partition coefficient (Wildman–Crippen LogP) is 1.61. The summed E-state index contributed by atoms with van der Waals surface area (Å²) in [5.41, 5.74) is -0.507. The third kappa shape index (κ3) is 5.50. The highest BCUT2D eigenvalue weighted by Crippen LogP contribution is 2.28. The molecule has 0 aromatic heterocycles. The summed E-state index contributed by atoms with van der Waals surface area (Å²) in [4.78, 5) is 32.9. The number of carboxylic acid groups (broad SMARTS) is 1. The van der Waals surface area contributed by atoms with Crippen LogP contribution in [0.2, 0.25) is 0 Å². The van der Waals surface area contributed by atoms with Gasteiger partial charge in [0.25, 0.3) is 5.69 Å². The Kier molecular flexibility index (Phi) is 7.02. The average Bonchev–Trinajstić information content (AvgIpc) is 2.70. The van der Waals surface area contributed by atoms with Crippen LogP contribution in [0.15, 0.2) is 48.5 Å². The van der Waals surface area contributed by atoms with Crippen molar-refractivity contribution in [3.63, 3.8) is 0 Å². The van der Waals surface area contributed by atoms with Crippen LogP contribution in [0, 0.1) is 10.1 Å². The molecule has 2 aromatic carbocycles. The molecule has 2 rings (SSSR count). The number of nitro groups is 1. The van der Waals surface area contributed by atoms with Crippen molar-refractivity contribution >= 4 is 17.7 Å². The van der Waals surface area contributed by atoms with E-state index in [9.17, 15) is 29.9 Å². The fraction of sp³-hybridized carbons (Fsp3) is 0.222. The number of aliphatic hydroxyl groups is 2. The van der Waals surface area contributed by atoms with Crippen LogP contribution in [0.1, 0.15) is 27.6 Å². The maximum Gasteiger partial charge on any atom is 0.407 e. The fourth-order valence-electron chi connectivity index (χ4n) is 2.37. The molecule has 2 aromatic rings. The Morgan fingerprint density at radius 3 is 2.43 bits per heavy atom. The number of hydrogen-bond donors (Lipinski definition) is 4. The van der Waals surface area contributed by atoms with Gasteiger partial charge in [0, 0.05) is 12.6 Å². The number of nitrogens with zero attached hydrogens (tertiary/aromatic N) is 1. The monoisotopic (exact) mass is 390 g/mol. The second-order valence-electron chi connectivity index (χ2n) is 5.79. The number of carbonyl (C=O) groups excluding carboxylic acids is 1. The van der Waals surface area contributed by atoms with E-state index in [2.05, 4.69) is 5.32 Å². The molecule has 0 spiro atoms. The molecule has 2 atom stereocenters. The van der Waals surface area contributed by atoms with Crippen molar-refractivity contribution in [1.82, 2.24) is 5.32 Å². The van der Waals surface area contributed by atoms with Crippen LogP contribution in [0.5, 0.6) is 0 Å². The maximum absolute atomic E-state index is 11.7. The van der Waals surface area contributed by atoms with Crippen LogP contribution in [-0.4, -0.2) is 45.0 Å². The predicted molar refractivity (Wildman–Crippen MR) is 95.7 cm³/mol. The third-order valence-electron chi connectivity index (χ3n) is 3.83. The van der Waals surface area contributed by atoms with Gasteiger partial charge >= 0.3 is 12.1 Å². The second kappa shape index (κ2) is 9.44. The van der Waals surface area contributed by atoms with Gasteiger partial charge in [-0.15, -0.1) is 0 Å². The largest absolute Gasteiger partial charge is 0.478 e. The molecular weight excluding hydrogens is 372 g/mol. The number of benzene rings is 2. The van der Waals surface area contributed by atoms with E-state index < -0.39 is 41.4 Å². The molecule has 0 aliphatic carbocycles. The van der Waals surface area contributed by atoms with Crippen LogP contribution in [0.4, 0.5) is 10.5 Å². The van der Waals surface area contributed by atoms with Crippen molar-refractivity contribution in [3.05, 3.63) is 75.3 Å². The first-order valence-corrected chi connectivity index (χ1v) is 8.12. The van der Waals surface area contributed by atoms with E-state index >= 15 is 0 Å². The van der Waals surface area contributed by atoms with Gasteiger partial charge in [-0.25, -0.2) is 9.59 Å². The number of aliphatic hydroxyl groups excluding tert-OH is 2. The first kappa shape index (κ1) is 20.8. The molecule has 148 valence electrons. The average molecular weight is 390 g/mol. The molecule has 0 aliphatic heterocycles. The van der Waals surface area contributed by atoms with Crippen LogP contribution in [0.3, 0.4) is 0 Å². The van der Waals surface area contributed by atoms with E-state index in [1.54, 1.807) is 24.3 Å². The van der Waals surface area contributed by atoms with Gasteiger partial charge in [-0.3, -0.25) is 10.1 Å². The number of nitro benzene ring substituents is 1. The van der Waals surface area contributed by atoms with E-state index in [0.717, 1.165) is 23.8 Å². The van der Waals surface area contributed by atoms with Crippen molar-refractivity contribution < 1.29 is 34.6 Å². The number of rotatable bonds is 8. The Bertz CT molecular complexity index is 856. The van der Waals surface area contributed by atoms with E-state index in [1.165, 1.54) is 0 Å². The van der Waals surface area contributed by atoms with Gasteiger partial charge in [-0.2, -0.15) is 0 Å². The summed E-state index contributed by atoms with van der Waals surface area (Å²) in [6.45, 7) is -0.430. The summed E-state index contributed by atoms with van der Waals surface area (Å²) in [7, 11) is 0. The number of carboxylic acids is 1. The Morgan fingerprint density at radius 1 is 1.14 bits per heavy atom. The number of nitrogens with one attached hydrogen (secondary N) is 1. The Labute approximate surface area is 159 Å². The SMILES string of the molecule is O=C(NCC(O)C(O)c1ccc(C(=O)O)cc1[N+](=O)[O-])OCc1ccccc1. The second-order valence-corrected chi connectivity index (χ2v) is 5.79. The number of ether oxygens (including phenoxy) is 1. The first-order valence-electron chi connectivity index (χ1n) is 8.12. The number of aromatic carboxylic acids is 1. The fourth-order valence-corrected chi connectivity index (χ4v) is 2.37. The summed E-state index contributed by atoms with van der Waals surface area (Å²) in [5, 5.41) is 42.5. The topological polar surface area (TPSA) is 159 Å². The zero-order valence-electron chi connectivity index (χ0n) is 14.5. The van der Waals surface area contributed by atoms with Crippen molar-refractivity contribution in [1.29, 1.82) is 0 Å². The van der Waals surface area contributed by atoms with Crippen molar-refractivity contribution in [2.75, 3.05) is 6.54 Å². The minimum absolute atomic E-state index is 0.00739. The van der Waals surface area contributed by atoms with Gasteiger partial charge < -0.3 is 25.4 Å². The number of hydrogen-bond acceptors (Lipinski definition) is 7. The lowest BCUT2D eigenvalue weighted by Gasteiger charge is -2.18. The molecule has 10 nitrogen and oxygen atoms in total. The molecule has 2 unspecified atom stereocenters. The summed E-state index contributed by atoms with van der Waals surface area (Å²) in [5.74, 6) is -1.37. The van der Waals surface area contributed by atoms with E-state index in [-0.39, 0.29) is 17.7 Å². The quantitative estimate of drug-likeness (QED) is 0.391. The Balaban J connectivity index is 1.96. The molecule has 0 heterocycles. The highest BCUT2D eigenvalue weighted by Gasteiger charge is 2.28. The van der Waals surface area contributed by atoms with Crippen LogP contribution in [0.25, 0.3) is 0 Å². The molecule has 0 fully saturated rings. The normalized spacial score (nSPS) is 12.6. The van der Waals surface area contributed by atoms with Gasteiger partial charge in [-0.1, -0.05) is 30.3 Å². The molecule has 1 amide bonds. The van der Waals surface area contributed by atoms with Gasteiger partial charge in [0.15, 0.2) is 0 Å². The Hall–Kier alpha value is -3.50. The van der Waals surface area contributed by atoms with Crippen molar-refractivity contribution in [2.24, 2.45) is 0 Å². The molecule has 0 aliphatic rings. The molecule has 0 saturated heterocycles. The molecule has 0 radical (unpaired) electrons. The van der Waals surface area contributed by atoms with E-state index in [4.69, 9.17) is 9.84 Å². The third-order valence-corrected chi connectivity index (χ3v) is 3.83. The maximum atomic E-state index is 11.7. The highest BCUT2D eigenvalue weighted by molar-refractivity contribution is 5.88. The lowest BCUT2D eigenvalue weighted by molar-refractivity contribution is -0.386. The molecule has 0 bridgehead atoms. The molecule has 28 heavy (non-hydrogen) atoms. The minimum atomic E-state index is -1.72. The summed E-state index contributed by atoms with van der Waals surface area (Å²) in [6, 6.07) is 11.8. The molecule has 10 heteroatoms. The van der Waals surface area contributed by atoms with Crippen molar-refractivity contribution in [2.45, 2.75) is 18.8 Å². The van der Waals surface area contributed by atoms with Crippen LogP contribution >= 0.6 is 0 Å². The van der Waals surface area contributed by atoms with Gasteiger partial charge in [0.2, 0.25) is 0 Å². The van der Waals surface area contributed by atoms with Crippen LogP contribution in [-0.2, 0) is 11.3 Å². The van der Waals surface area contributed by atoms with Gasteiger partial charge in [0.1, 0.15) is 18.8 Å². The summed E-state index contributed by atoms with van der Waals surface area (Å²) >= 11 is 0. The first-order chi connectivity index (χ1) is 13.3. The Morgan fingerprint density at radius 2 is 1.82 bits per heavy atom. The van der Waals surface area contributed by atoms with E-state index in [0.29, 0.717) is 0 Å². The molecule has 4 N–H and O–H groups in total. The molecule has 0 saturated carbocycles. The zero-order valence-corrected chi connectivity index (χ0v) is 14.5. The summed E-state index contributed by atoms with van der Waals surface area (Å²) in [6.07, 6.45) is -4.15. The van der Waals surface area contributed by atoms with Crippen molar-refractivity contribution in [3.8, 4) is 0 Å². The van der Waals surface area contributed by atoms with E-state index in [1.807, 2.05) is 6.07 Å². The smallest absolute Gasteiger partial charge is 0.407 e. The minimum Gasteiger partial charge on any atom is -0.478 e. The zero-order chi connectivity index (χ0) is 20.7. The number of alkyl carbamates (subject to hydrolysis) is 1. The van der Waals surface area contributed by atoms with Crippen LogP contribution < -0.4 is 5.32 Å². The van der Waals surface area contributed by atoms with Gasteiger partial charge in [-0.05, 0) is 17.7 Å². The highest BCUT2D eigenvalue weighted by atomic mass is 16.6. The summed E-state index contributed by atoms with van der Waals surface area (Å²) < 4.78 is 4.95. The number of amides is 1.